The standard InChI is InChI=1S/C15H17NO3S/c17-12(8-16-15(18)10-2-1-3-10)14-5-4-13(19-14)11-6-7-20-9-11/h4-7,9-10,12,17H,1-3,8H2,(H,16,18). The molecule has 106 valence electrons. The van der Waals surface area contributed by atoms with Gasteiger partial charge < -0.3 is 14.8 Å². The second-order valence-electron chi connectivity index (χ2n) is 5.10. The summed E-state index contributed by atoms with van der Waals surface area (Å²) in [5.74, 6) is 1.41. The van der Waals surface area contributed by atoms with E-state index in [1.807, 2.05) is 22.9 Å². The van der Waals surface area contributed by atoms with Crippen molar-refractivity contribution in [2.75, 3.05) is 6.54 Å². The number of rotatable bonds is 5. The molecule has 4 nitrogen and oxygen atoms in total. The molecule has 2 aromatic rings. The third kappa shape index (κ3) is 2.78. The molecule has 2 N–H and O–H groups in total. The lowest BCUT2D eigenvalue weighted by molar-refractivity contribution is -0.127. The van der Waals surface area contributed by atoms with E-state index in [1.54, 1.807) is 17.4 Å². The molecule has 1 saturated carbocycles. The molecule has 1 unspecified atom stereocenters. The van der Waals surface area contributed by atoms with Gasteiger partial charge in [0.05, 0.1) is 6.54 Å². The zero-order chi connectivity index (χ0) is 13.9. The summed E-state index contributed by atoms with van der Waals surface area (Å²) >= 11 is 1.60. The molecule has 20 heavy (non-hydrogen) atoms. The molecule has 1 amide bonds. The summed E-state index contributed by atoms with van der Waals surface area (Å²) in [6, 6.07) is 5.57. The highest BCUT2D eigenvalue weighted by atomic mass is 32.1. The van der Waals surface area contributed by atoms with E-state index >= 15 is 0 Å². The zero-order valence-corrected chi connectivity index (χ0v) is 11.9. The Morgan fingerprint density at radius 2 is 2.30 bits per heavy atom. The smallest absolute Gasteiger partial charge is 0.223 e. The van der Waals surface area contributed by atoms with Crippen molar-refractivity contribution in [3.8, 4) is 11.3 Å². The molecule has 1 aliphatic rings. The maximum Gasteiger partial charge on any atom is 0.223 e. The fraction of sp³-hybridized carbons (Fsp3) is 0.400. The molecular weight excluding hydrogens is 274 g/mol. The lowest BCUT2D eigenvalue weighted by Crippen LogP contribution is -2.36. The van der Waals surface area contributed by atoms with Crippen molar-refractivity contribution >= 4 is 17.2 Å². The summed E-state index contributed by atoms with van der Waals surface area (Å²) in [7, 11) is 0. The van der Waals surface area contributed by atoms with Gasteiger partial charge >= 0.3 is 0 Å². The molecule has 1 atom stereocenters. The van der Waals surface area contributed by atoms with Crippen LogP contribution in [0.25, 0.3) is 11.3 Å². The molecule has 5 heteroatoms. The van der Waals surface area contributed by atoms with Gasteiger partial charge in [-0.2, -0.15) is 11.3 Å². The number of carbonyl (C=O) groups is 1. The van der Waals surface area contributed by atoms with Crippen molar-refractivity contribution in [1.29, 1.82) is 0 Å². The largest absolute Gasteiger partial charge is 0.458 e. The van der Waals surface area contributed by atoms with E-state index in [9.17, 15) is 9.90 Å². The van der Waals surface area contributed by atoms with Gasteiger partial charge in [-0.3, -0.25) is 4.79 Å². The molecule has 0 aliphatic heterocycles. The number of hydrogen-bond donors (Lipinski definition) is 2. The predicted octanol–water partition coefficient (Wildman–Crippen LogP) is 2.96. The van der Waals surface area contributed by atoms with Gasteiger partial charge in [0.1, 0.15) is 17.6 Å². The third-order valence-electron chi connectivity index (χ3n) is 3.71. The molecule has 2 aromatic heterocycles. The van der Waals surface area contributed by atoms with Crippen molar-refractivity contribution in [2.24, 2.45) is 5.92 Å². The first-order valence-electron chi connectivity index (χ1n) is 6.82. The Balaban J connectivity index is 1.57. The molecule has 2 heterocycles. The number of hydrogen-bond acceptors (Lipinski definition) is 4. The predicted molar refractivity (Wildman–Crippen MR) is 77.3 cm³/mol. The maximum absolute atomic E-state index is 11.7. The highest BCUT2D eigenvalue weighted by molar-refractivity contribution is 7.08. The minimum atomic E-state index is -0.800. The Kier molecular flexibility index (Phi) is 3.89. The Morgan fingerprint density at radius 3 is 2.95 bits per heavy atom. The average molecular weight is 291 g/mol. The lowest BCUT2D eigenvalue weighted by Gasteiger charge is -2.24. The molecule has 0 bridgehead atoms. The number of thiophene rings is 1. The van der Waals surface area contributed by atoms with Crippen molar-refractivity contribution in [3.05, 3.63) is 34.7 Å². The summed E-state index contributed by atoms with van der Waals surface area (Å²) in [4.78, 5) is 11.7. The molecule has 0 aromatic carbocycles. The SMILES string of the molecule is O=C(NCC(O)c1ccc(-c2ccsc2)o1)C1CCC1. The van der Waals surface area contributed by atoms with E-state index in [-0.39, 0.29) is 18.4 Å². The number of furan rings is 1. The van der Waals surface area contributed by atoms with Crippen LogP contribution in [0.1, 0.15) is 31.1 Å². The van der Waals surface area contributed by atoms with Crippen molar-refractivity contribution in [1.82, 2.24) is 5.32 Å². The molecule has 0 spiro atoms. The van der Waals surface area contributed by atoms with Gasteiger partial charge in [-0.25, -0.2) is 0 Å². The van der Waals surface area contributed by atoms with Crippen LogP contribution in [0.4, 0.5) is 0 Å². The summed E-state index contributed by atoms with van der Waals surface area (Å²) < 4.78 is 5.63. The van der Waals surface area contributed by atoms with E-state index in [2.05, 4.69) is 5.32 Å². The third-order valence-corrected chi connectivity index (χ3v) is 4.39. The van der Waals surface area contributed by atoms with Gasteiger partial charge in [-0.15, -0.1) is 0 Å². The minimum absolute atomic E-state index is 0.0416. The van der Waals surface area contributed by atoms with Crippen LogP contribution in [0.2, 0.25) is 0 Å². The first-order valence-corrected chi connectivity index (χ1v) is 7.76. The van der Waals surface area contributed by atoms with E-state index < -0.39 is 6.10 Å². The summed E-state index contributed by atoms with van der Waals surface area (Å²) in [6.07, 6.45) is 2.25. The van der Waals surface area contributed by atoms with Crippen LogP contribution in [0, 0.1) is 5.92 Å². The Bertz CT molecular complexity index is 572. The number of nitrogens with one attached hydrogen (secondary N) is 1. The molecule has 0 radical (unpaired) electrons. The Labute approximate surface area is 121 Å². The summed E-state index contributed by atoms with van der Waals surface area (Å²) in [5, 5.41) is 16.8. The first kappa shape index (κ1) is 13.4. The highest BCUT2D eigenvalue weighted by Crippen LogP contribution is 2.28. The normalized spacial score (nSPS) is 16.6. The van der Waals surface area contributed by atoms with Crippen molar-refractivity contribution < 1.29 is 14.3 Å². The fourth-order valence-electron chi connectivity index (χ4n) is 2.20. The number of amides is 1. The topological polar surface area (TPSA) is 62.5 Å². The molecule has 3 rings (SSSR count). The zero-order valence-electron chi connectivity index (χ0n) is 11.0. The van der Waals surface area contributed by atoms with Crippen LogP contribution in [0.5, 0.6) is 0 Å². The minimum Gasteiger partial charge on any atom is -0.458 e. The van der Waals surface area contributed by atoms with Crippen LogP contribution in [-0.4, -0.2) is 17.6 Å². The van der Waals surface area contributed by atoms with Crippen LogP contribution in [-0.2, 0) is 4.79 Å². The average Bonchev–Trinajstić information content (AvgIpc) is 3.03. The fourth-order valence-corrected chi connectivity index (χ4v) is 2.85. The number of aliphatic hydroxyl groups is 1. The van der Waals surface area contributed by atoms with E-state index in [0.717, 1.165) is 30.6 Å². The van der Waals surface area contributed by atoms with E-state index in [0.29, 0.717) is 5.76 Å². The quantitative estimate of drug-likeness (QED) is 0.890. The van der Waals surface area contributed by atoms with Gasteiger partial charge in [0.25, 0.3) is 0 Å². The maximum atomic E-state index is 11.7. The second kappa shape index (κ2) is 5.81. The van der Waals surface area contributed by atoms with Gasteiger partial charge in [0.2, 0.25) is 5.91 Å². The van der Waals surface area contributed by atoms with Gasteiger partial charge in [0, 0.05) is 16.9 Å². The molecule has 1 fully saturated rings. The molecular formula is C15H17NO3S. The van der Waals surface area contributed by atoms with Crippen molar-refractivity contribution in [2.45, 2.75) is 25.4 Å². The highest BCUT2D eigenvalue weighted by Gasteiger charge is 2.25. The Morgan fingerprint density at radius 1 is 1.45 bits per heavy atom. The summed E-state index contributed by atoms with van der Waals surface area (Å²) in [5.41, 5.74) is 1.01. The number of carbonyl (C=O) groups excluding carboxylic acids is 1. The van der Waals surface area contributed by atoms with E-state index in [1.165, 1.54) is 0 Å². The van der Waals surface area contributed by atoms with Crippen LogP contribution in [0.15, 0.2) is 33.4 Å². The number of aliphatic hydroxyl groups excluding tert-OH is 1. The first-order chi connectivity index (χ1) is 9.74. The van der Waals surface area contributed by atoms with Crippen LogP contribution < -0.4 is 5.32 Å². The van der Waals surface area contributed by atoms with Crippen molar-refractivity contribution in [3.63, 3.8) is 0 Å². The van der Waals surface area contributed by atoms with E-state index in [4.69, 9.17) is 4.42 Å². The van der Waals surface area contributed by atoms with Gasteiger partial charge in [0.15, 0.2) is 0 Å². The monoisotopic (exact) mass is 291 g/mol. The lowest BCUT2D eigenvalue weighted by atomic mass is 9.85. The summed E-state index contributed by atoms with van der Waals surface area (Å²) in [6.45, 7) is 0.200. The van der Waals surface area contributed by atoms with Crippen LogP contribution >= 0.6 is 11.3 Å². The molecule has 0 saturated heterocycles. The second-order valence-corrected chi connectivity index (χ2v) is 5.88. The van der Waals surface area contributed by atoms with Gasteiger partial charge in [-0.05, 0) is 36.4 Å². The van der Waals surface area contributed by atoms with Gasteiger partial charge in [-0.1, -0.05) is 6.42 Å². The van der Waals surface area contributed by atoms with Crippen LogP contribution in [0.3, 0.4) is 0 Å². The Hall–Kier alpha value is -1.59. The molecule has 1 aliphatic carbocycles.